The van der Waals surface area contributed by atoms with Crippen molar-refractivity contribution in [2.24, 2.45) is 11.8 Å². The molecule has 0 radical (unpaired) electrons. The van der Waals surface area contributed by atoms with Gasteiger partial charge in [0.25, 0.3) is 0 Å². The summed E-state index contributed by atoms with van der Waals surface area (Å²) in [5.74, 6) is -3.04. The summed E-state index contributed by atoms with van der Waals surface area (Å²) in [6, 6.07) is 5.52. The van der Waals surface area contributed by atoms with Gasteiger partial charge in [-0.15, -0.1) is 0 Å². The largest absolute Gasteiger partial charge is 0.481 e. The average Bonchev–Trinajstić information content (AvgIpc) is 2.37. The minimum Gasteiger partial charge on any atom is -0.481 e. The van der Waals surface area contributed by atoms with Gasteiger partial charge < -0.3 is 10.4 Å². The number of benzene rings is 1. The molecule has 0 saturated carbocycles. The summed E-state index contributed by atoms with van der Waals surface area (Å²) in [4.78, 5) is 22.7. The van der Waals surface area contributed by atoms with Crippen LogP contribution < -0.4 is 5.32 Å². The van der Waals surface area contributed by atoms with E-state index in [9.17, 15) is 14.0 Å². The van der Waals surface area contributed by atoms with Crippen LogP contribution in [0.1, 0.15) is 32.4 Å². The first kappa shape index (κ1) is 15.1. The van der Waals surface area contributed by atoms with Crippen molar-refractivity contribution in [2.45, 2.75) is 26.8 Å². The predicted octanol–water partition coefficient (Wildman–Crippen LogP) is 2.36. The number of carboxylic acids is 1. The Hall–Kier alpha value is -1.91. The van der Waals surface area contributed by atoms with Crippen molar-refractivity contribution in [3.05, 3.63) is 35.6 Å². The van der Waals surface area contributed by atoms with Gasteiger partial charge in [0, 0.05) is 5.92 Å². The maximum absolute atomic E-state index is 12.8. The van der Waals surface area contributed by atoms with Gasteiger partial charge >= 0.3 is 5.97 Å². The molecule has 1 aromatic rings. The molecule has 4 nitrogen and oxygen atoms in total. The van der Waals surface area contributed by atoms with Crippen LogP contribution in [0.4, 0.5) is 4.39 Å². The first-order valence-corrected chi connectivity index (χ1v) is 6.11. The molecule has 1 amide bonds. The summed E-state index contributed by atoms with van der Waals surface area (Å²) in [6.07, 6.45) is 0. The van der Waals surface area contributed by atoms with E-state index in [2.05, 4.69) is 5.32 Å². The highest BCUT2D eigenvalue weighted by Crippen LogP contribution is 2.16. The SMILES string of the molecule is CC(NC(=O)C(C)C(C)C(=O)O)c1ccc(F)cc1. The fraction of sp³-hybridized carbons (Fsp3) is 0.429. The molecular formula is C14H18FNO3. The fourth-order valence-corrected chi connectivity index (χ4v) is 1.62. The van der Waals surface area contributed by atoms with E-state index in [1.807, 2.05) is 0 Å². The first-order valence-electron chi connectivity index (χ1n) is 6.11. The Morgan fingerprint density at radius 3 is 2.11 bits per heavy atom. The monoisotopic (exact) mass is 267 g/mol. The van der Waals surface area contributed by atoms with E-state index < -0.39 is 17.8 Å². The summed E-state index contributed by atoms with van der Waals surface area (Å²) in [7, 11) is 0. The van der Waals surface area contributed by atoms with Crippen molar-refractivity contribution < 1.29 is 19.1 Å². The van der Waals surface area contributed by atoms with E-state index in [-0.39, 0.29) is 17.8 Å². The molecule has 0 spiro atoms. The summed E-state index contributed by atoms with van der Waals surface area (Å²) in [5, 5.41) is 11.6. The molecule has 0 heterocycles. The fourth-order valence-electron chi connectivity index (χ4n) is 1.62. The Morgan fingerprint density at radius 2 is 1.63 bits per heavy atom. The van der Waals surface area contributed by atoms with Gasteiger partial charge in [0.2, 0.25) is 5.91 Å². The predicted molar refractivity (Wildman–Crippen MR) is 68.9 cm³/mol. The van der Waals surface area contributed by atoms with Crippen LogP contribution in [0.15, 0.2) is 24.3 Å². The number of carboxylic acid groups (broad SMARTS) is 1. The van der Waals surface area contributed by atoms with Gasteiger partial charge in [-0.1, -0.05) is 26.0 Å². The highest BCUT2D eigenvalue weighted by atomic mass is 19.1. The molecule has 0 aromatic heterocycles. The number of hydrogen-bond acceptors (Lipinski definition) is 2. The highest BCUT2D eigenvalue weighted by Gasteiger charge is 2.26. The molecule has 1 rings (SSSR count). The van der Waals surface area contributed by atoms with E-state index in [1.54, 1.807) is 26.0 Å². The third kappa shape index (κ3) is 4.05. The Kier molecular flexibility index (Phi) is 5.03. The smallest absolute Gasteiger partial charge is 0.307 e. The maximum atomic E-state index is 12.8. The third-order valence-electron chi connectivity index (χ3n) is 3.28. The lowest BCUT2D eigenvalue weighted by molar-refractivity contribution is -0.146. The van der Waals surface area contributed by atoms with E-state index in [0.29, 0.717) is 0 Å². The number of aliphatic carboxylic acids is 1. The van der Waals surface area contributed by atoms with Crippen molar-refractivity contribution in [3.8, 4) is 0 Å². The molecule has 0 fully saturated rings. The van der Waals surface area contributed by atoms with Crippen LogP contribution in [0, 0.1) is 17.7 Å². The molecule has 2 N–H and O–H groups in total. The van der Waals surface area contributed by atoms with Crippen molar-refractivity contribution in [3.63, 3.8) is 0 Å². The van der Waals surface area contributed by atoms with Gasteiger partial charge in [-0.25, -0.2) is 4.39 Å². The molecule has 19 heavy (non-hydrogen) atoms. The standard InChI is InChI=1S/C14H18FNO3/c1-8(9(2)14(18)19)13(17)16-10(3)11-4-6-12(15)7-5-11/h4-10H,1-3H3,(H,16,17)(H,18,19). The van der Waals surface area contributed by atoms with Gasteiger partial charge in [-0.3, -0.25) is 9.59 Å². The number of rotatable bonds is 5. The zero-order valence-corrected chi connectivity index (χ0v) is 11.2. The second kappa shape index (κ2) is 6.31. The van der Waals surface area contributed by atoms with Gasteiger partial charge in [0.05, 0.1) is 12.0 Å². The zero-order valence-electron chi connectivity index (χ0n) is 11.2. The maximum Gasteiger partial charge on any atom is 0.307 e. The molecule has 0 bridgehead atoms. The average molecular weight is 267 g/mol. The Morgan fingerprint density at radius 1 is 1.11 bits per heavy atom. The number of carbonyl (C=O) groups excluding carboxylic acids is 1. The van der Waals surface area contributed by atoms with Crippen molar-refractivity contribution in [1.82, 2.24) is 5.32 Å². The second-order valence-corrected chi connectivity index (χ2v) is 4.70. The van der Waals surface area contributed by atoms with Crippen LogP contribution in [0.25, 0.3) is 0 Å². The van der Waals surface area contributed by atoms with Crippen LogP contribution >= 0.6 is 0 Å². The van der Waals surface area contributed by atoms with Crippen LogP contribution in [-0.4, -0.2) is 17.0 Å². The molecule has 0 aliphatic rings. The minimum atomic E-state index is -1.00. The molecule has 5 heteroatoms. The highest BCUT2D eigenvalue weighted by molar-refractivity contribution is 5.84. The van der Waals surface area contributed by atoms with Gasteiger partial charge in [0.1, 0.15) is 5.82 Å². The molecule has 1 aromatic carbocycles. The number of nitrogens with one attached hydrogen (secondary N) is 1. The van der Waals surface area contributed by atoms with Crippen LogP contribution in [0.2, 0.25) is 0 Å². The second-order valence-electron chi connectivity index (χ2n) is 4.70. The number of hydrogen-bond donors (Lipinski definition) is 2. The van der Waals surface area contributed by atoms with Crippen molar-refractivity contribution in [2.75, 3.05) is 0 Å². The summed E-state index contributed by atoms with van der Waals surface area (Å²) in [5.41, 5.74) is 0.768. The quantitative estimate of drug-likeness (QED) is 0.860. The summed E-state index contributed by atoms with van der Waals surface area (Å²) in [6.45, 7) is 4.84. The third-order valence-corrected chi connectivity index (χ3v) is 3.28. The number of carbonyl (C=O) groups is 2. The topological polar surface area (TPSA) is 66.4 Å². The lowest BCUT2D eigenvalue weighted by Crippen LogP contribution is -2.36. The summed E-state index contributed by atoms with van der Waals surface area (Å²) >= 11 is 0. The van der Waals surface area contributed by atoms with Gasteiger partial charge in [-0.2, -0.15) is 0 Å². The lowest BCUT2D eigenvalue weighted by atomic mass is 9.94. The van der Waals surface area contributed by atoms with Gasteiger partial charge in [-0.05, 0) is 24.6 Å². The van der Waals surface area contributed by atoms with E-state index in [1.165, 1.54) is 19.1 Å². The Balaban J connectivity index is 2.66. The van der Waals surface area contributed by atoms with Crippen LogP contribution in [0.5, 0.6) is 0 Å². The van der Waals surface area contributed by atoms with E-state index in [0.717, 1.165) is 5.56 Å². The van der Waals surface area contributed by atoms with E-state index >= 15 is 0 Å². The molecule has 3 atom stereocenters. The van der Waals surface area contributed by atoms with Crippen LogP contribution in [0.3, 0.4) is 0 Å². The van der Waals surface area contributed by atoms with Crippen molar-refractivity contribution >= 4 is 11.9 Å². The number of amides is 1. The molecule has 0 saturated heterocycles. The van der Waals surface area contributed by atoms with E-state index in [4.69, 9.17) is 5.11 Å². The molecule has 3 unspecified atom stereocenters. The normalized spacial score (nSPS) is 15.4. The Bertz CT molecular complexity index is 458. The molecule has 0 aliphatic heterocycles. The lowest BCUT2D eigenvalue weighted by Gasteiger charge is -2.20. The first-order chi connectivity index (χ1) is 8.82. The Labute approximate surface area is 111 Å². The van der Waals surface area contributed by atoms with Gasteiger partial charge in [0.15, 0.2) is 0 Å². The zero-order chi connectivity index (χ0) is 14.6. The number of halogens is 1. The molecular weight excluding hydrogens is 249 g/mol. The molecule has 0 aliphatic carbocycles. The molecule has 104 valence electrons. The van der Waals surface area contributed by atoms with Crippen LogP contribution in [-0.2, 0) is 9.59 Å². The summed E-state index contributed by atoms with van der Waals surface area (Å²) < 4.78 is 12.8. The minimum absolute atomic E-state index is 0.295. The van der Waals surface area contributed by atoms with Crippen molar-refractivity contribution in [1.29, 1.82) is 0 Å².